The Morgan fingerprint density at radius 3 is 2.22 bits per heavy atom. The summed E-state index contributed by atoms with van der Waals surface area (Å²) >= 11 is 0. The fourth-order valence-electron chi connectivity index (χ4n) is 4.50. The number of phenolic OH excluding ortho intramolecular Hbond substituents is 1. The Balaban J connectivity index is 1.78. The first-order valence-corrected chi connectivity index (χ1v) is 11.2. The van der Waals surface area contributed by atoms with Gasteiger partial charge in [-0.3, -0.25) is 4.79 Å². The van der Waals surface area contributed by atoms with Crippen molar-refractivity contribution in [1.82, 2.24) is 4.90 Å². The van der Waals surface area contributed by atoms with Crippen molar-refractivity contribution >= 4 is 5.78 Å². The Bertz CT molecular complexity index is 561. The van der Waals surface area contributed by atoms with E-state index in [0.29, 0.717) is 12.2 Å². The summed E-state index contributed by atoms with van der Waals surface area (Å²) in [4.78, 5) is 15.3. The second-order valence-corrected chi connectivity index (χ2v) is 8.23. The van der Waals surface area contributed by atoms with E-state index < -0.39 is 5.41 Å². The molecule has 1 aliphatic heterocycles. The molecule has 3 heteroatoms. The molecule has 1 aromatic carbocycles. The number of carbonyl (C=O) groups is 1. The topological polar surface area (TPSA) is 40.5 Å². The molecule has 1 N–H and O–H groups in total. The summed E-state index contributed by atoms with van der Waals surface area (Å²) in [5, 5.41) is 9.88. The van der Waals surface area contributed by atoms with Crippen LogP contribution in [0.4, 0.5) is 0 Å². The molecule has 0 aliphatic carbocycles. The standard InChI is InChI=1S/C24H39NO2/c1-3-5-6-7-8-9-10-11-17-25-18-15-24(16-19-25,23(27)4-2)21-13-12-14-22(26)20-21/h12-14,20,26H,3-11,15-19H2,1-2H3. The number of piperidine rings is 1. The van der Waals surface area contributed by atoms with Crippen molar-refractivity contribution in [3.05, 3.63) is 29.8 Å². The third kappa shape index (κ3) is 6.34. The molecule has 0 saturated carbocycles. The number of hydrogen-bond acceptors (Lipinski definition) is 3. The van der Waals surface area contributed by atoms with Crippen molar-refractivity contribution in [2.75, 3.05) is 19.6 Å². The van der Waals surface area contributed by atoms with E-state index in [4.69, 9.17) is 0 Å². The van der Waals surface area contributed by atoms with Crippen molar-refractivity contribution < 1.29 is 9.90 Å². The maximum absolute atomic E-state index is 12.8. The van der Waals surface area contributed by atoms with Gasteiger partial charge in [0.2, 0.25) is 0 Å². The smallest absolute Gasteiger partial charge is 0.143 e. The Morgan fingerprint density at radius 2 is 1.63 bits per heavy atom. The number of carbonyl (C=O) groups excluding carboxylic acids is 1. The summed E-state index contributed by atoms with van der Waals surface area (Å²) in [6.07, 6.45) is 13.1. The number of benzene rings is 1. The van der Waals surface area contributed by atoms with Crippen LogP contribution in [0.1, 0.15) is 90.0 Å². The Hall–Kier alpha value is -1.35. The number of nitrogens with zero attached hydrogens (tertiary/aromatic N) is 1. The molecule has 0 spiro atoms. The maximum Gasteiger partial charge on any atom is 0.143 e. The predicted molar refractivity (Wildman–Crippen MR) is 113 cm³/mol. The predicted octanol–water partition coefficient (Wildman–Crippen LogP) is 5.85. The normalized spacial score (nSPS) is 17.1. The molecule has 0 amide bonds. The van der Waals surface area contributed by atoms with Crippen LogP contribution in [-0.2, 0) is 10.2 Å². The van der Waals surface area contributed by atoms with E-state index in [1.807, 2.05) is 19.1 Å². The van der Waals surface area contributed by atoms with Crippen molar-refractivity contribution in [2.24, 2.45) is 0 Å². The second-order valence-electron chi connectivity index (χ2n) is 8.23. The molecule has 0 atom stereocenters. The zero-order valence-electron chi connectivity index (χ0n) is 17.5. The molecular formula is C24H39NO2. The third-order valence-electron chi connectivity index (χ3n) is 6.29. The summed E-state index contributed by atoms with van der Waals surface area (Å²) in [6.45, 7) is 7.35. The maximum atomic E-state index is 12.8. The van der Waals surface area contributed by atoms with Crippen LogP contribution in [0.2, 0.25) is 0 Å². The van der Waals surface area contributed by atoms with Crippen molar-refractivity contribution in [1.29, 1.82) is 0 Å². The van der Waals surface area contributed by atoms with Crippen LogP contribution < -0.4 is 0 Å². The minimum Gasteiger partial charge on any atom is -0.508 e. The SMILES string of the molecule is CCCCCCCCCCN1CCC(C(=O)CC)(c2cccc(O)c2)CC1. The van der Waals surface area contributed by atoms with Crippen molar-refractivity contribution in [3.8, 4) is 5.75 Å². The van der Waals surface area contributed by atoms with Gasteiger partial charge in [0.25, 0.3) is 0 Å². The van der Waals surface area contributed by atoms with E-state index in [9.17, 15) is 9.90 Å². The molecule has 1 aromatic rings. The number of likely N-dealkylation sites (tertiary alicyclic amines) is 1. The van der Waals surface area contributed by atoms with Gasteiger partial charge in [-0.1, -0.05) is 70.9 Å². The first-order valence-electron chi connectivity index (χ1n) is 11.2. The minimum atomic E-state index is -0.400. The molecule has 0 bridgehead atoms. The van der Waals surface area contributed by atoms with Crippen molar-refractivity contribution in [3.63, 3.8) is 0 Å². The lowest BCUT2D eigenvalue weighted by Gasteiger charge is -2.41. The zero-order chi connectivity index (χ0) is 19.5. The Kier molecular flexibility index (Phi) is 9.33. The third-order valence-corrected chi connectivity index (χ3v) is 6.29. The van der Waals surface area contributed by atoms with Crippen LogP contribution >= 0.6 is 0 Å². The van der Waals surface area contributed by atoms with Gasteiger partial charge in [0, 0.05) is 6.42 Å². The van der Waals surface area contributed by atoms with E-state index in [1.54, 1.807) is 12.1 Å². The lowest BCUT2D eigenvalue weighted by Crippen LogP contribution is -2.47. The van der Waals surface area contributed by atoms with Gasteiger partial charge in [-0.05, 0) is 56.6 Å². The number of unbranched alkanes of at least 4 members (excludes halogenated alkanes) is 7. The highest BCUT2D eigenvalue weighted by Gasteiger charge is 2.41. The van der Waals surface area contributed by atoms with Crippen LogP contribution in [0.5, 0.6) is 5.75 Å². The number of phenols is 1. The van der Waals surface area contributed by atoms with Gasteiger partial charge in [-0.25, -0.2) is 0 Å². The van der Waals surface area contributed by atoms with Crippen LogP contribution in [-0.4, -0.2) is 35.4 Å². The first kappa shape index (κ1) is 21.9. The average Bonchev–Trinajstić information content (AvgIpc) is 2.70. The monoisotopic (exact) mass is 373 g/mol. The lowest BCUT2D eigenvalue weighted by molar-refractivity contribution is -0.126. The van der Waals surface area contributed by atoms with Crippen LogP contribution in [0.25, 0.3) is 0 Å². The van der Waals surface area contributed by atoms with Crippen LogP contribution in [0.15, 0.2) is 24.3 Å². The molecule has 0 aromatic heterocycles. The quantitative estimate of drug-likeness (QED) is 0.468. The fraction of sp³-hybridized carbons (Fsp3) is 0.708. The molecule has 1 fully saturated rings. The Morgan fingerprint density at radius 1 is 1.00 bits per heavy atom. The summed E-state index contributed by atoms with van der Waals surface area (Å²) in [5.41, 5.74) is 0.601. The minimum absolute atomic E-state index is 0.261. The van der Waals surface area contributed by atoms with Gasteiger partial charge in [0.1, 0.15) is 11.5 Å². The van der Waals surface area contributed by atoms with Gasteiger partial charge in [-0.2, -0.15) is 0 Å². The number of aromatic hydroxyl groups is 1. The number of Topliss-reactive ketones (excluding diaryl/α,β-unsaturated/α-hetero) is 1. The highest BCUT2D eigenvalue weighted by atomic mass is 16.3. The molecule has 3 nitrogen and oxygen atoms in total. The molecule has 0 radical (unpaired) electrons. The second kappa shape index (κ2) is 11.5. The number of hydrogen-bond donors (Lipinski definition) is 1. The Labute approximate surface area is 166 Å². The fourth-order valence-corrected chi connectivity index (χ4v) is 4.50. The molecule has 0 unspecified atom stereocenters. The van der Waals surface area contributed by atoms with Gasteiger partial charge in [0.05, 0.1) is 5.41 Å². The highest BCUT2D eigenvalue weighted by Crippen LogP contribution is 2.38. The molecule has 27 heavy (non-hydrogen) atoms. The average molecular weight is 374 g/mol. The van der Waals surface area contributed by atoms with E-state index in [-0.39, 0.29) is 5.75 Å². The summed E-state index contributed by atoms with van der Waals surface area (Å²) < 4.78 is 0. The van der Waals surface area contributed by atoms with E-state index in [2.05, 4.69) is 11.8 Å². The largest absolute Gasteiger partial charge is 0.508 e. The molecule has 1 heterocycles. The molecule has 152 valence electrons. The van der Waals surface area contributed by atoms with Gasteiger partial charge in [0.15, 0.2) is 0 Å². The first-order chi connectivity index (χ1) is 13.1. The van der Waals surface area contributed by atoms with E-state index in [0.717, 1.165) is 38.0 Å². The molecule has 1 saturated heterocycles. The van der Waals surface area contributed by atoms with Gasteiger partial charge < -0.3 is 10.0 Å². The number of rotatable bonds is 12. The molecule has 1 aliphatic rings. The molecule has 2 rings (SSSR count). The van der Waals surface area contributed by atoms with Gasteiger partial charge in [-0.15, -0.1) is 0 Å². The number of ketones is 1. The summed E-state index contributed by atoms with van der Waals surface area (Å²) in [6, 6.07) is 7.36. The highest BCUT2D eigenvalue weighted by molar-refractivity contribution is 5.90. The summed E-state index contributed by atoms with van der Waals surface area (Å²) in [5.74, 6) is 0.581. The molecular weight excluding hydrogens is 334 g/mol. The van der Waals surface area contributed by atoms with E-state index >= 15 is 0 Å². The van der Waals surface area contributed by atoms with Crippen LogP contribution in [0, 0.1) is 0 Å². The van der Waals surface area contributed by atoms with Crippen molar-refractivity contribution in [2.45, 2.75) is 89.9 Å². The van der Waals surface area contributed by atoms with Gasteiger partial charge >= 0.3 is 0 Å². The summed E-state index contributed by atoms with van der Waals surface area (Å²) in [7, 11) is 0. The zero-order valence-corrected chi connectivity index (χ0v) is 17.5. The van der Waals surface area contributed by atoms with E-state index in [1.165, 1.54) is 51.4 Å². The lowest BCUT2D eigenvalue weighted by atomic mass is 9.69. The van der Waals surface area contributed by atoms with Crippen LogP contribution in [0.3, 0.4) is 0 Å².